The van der Waals surface area contributed by atoms with E-state index in [-0.39, 0.29) is 5.82 Å². The lowest BCUT2D eigenvalue weighted by Crippen LogP contribution is -1.87. The molecule has 0 unspecified atom stereocenters. The van der Waals surface area contributed by atoms with Gasteiger partial charge < -0.3 is 10.3 Å². The van der Waals surface area contributed by atoms with E-state index in [4.69, 9.17) is 0 Å². The van der Waals surface area contributed by atoms with Gasteiger partial charge in [0.25, 0.3) is 0 Å². The van der Waals surface area contributed by atoms with Gasteiger partial charge >= 0.3 is 0 Å². The van der Waals surface area contributed by atoms with E-state index in [1.807, 2.05) is 31.3 Å². The molecule has 1 heterocycles. The molecule has 0 spiro atoms. The molecule has 0 radical (unpaired) electrons. The lowest BCUT2D eigenvalue weighted by Gasteiger charge is -2.01. The molecule has 0 saturated heterocycles. The maximum Gasteiger partial charge on any atom is 0.137 e. The molecule has 2 aromatic carbocycles. The molecule has 4 heteroatoms. The van der Waals surface area contributed by atoms with Crippen molar-refractivity contribution < 1.29 is 4.39 Å². The first kappa shape index (κ1) is 12.4. The van der Waals surface area contributed by atoms with Gasteiger partial charge in [0.2, 0.25) is 0 Å². The molecule has 0 aliphatic carbocycles. The average Bonchev–Trinajstić information content (AvgIpc) is 2.98. The summed E-state index contributed by atoms with van der Waals surface area (Å²) in [5.41, 5.74) is 3.85. The predicted octanol–water partition coefficient (Wildman–Crippen LogP) is 3.92. The molecule has 0 aliphatic heterocycles. The molecule has 100 valence electrons. The number of aromatic nitrogens is 2. The highest BCUT2D eigenvalue weighted by atomic mass is 19.1. The van der Waals surface area contributed by atoms with E-state index in [0.29, 0.717) is 0 Å². The third-order valence-electron chi connectivity index (χ3n) is 3.18. The summed E-state index contributed by atoms with van der Waals surface area (Å²) in [5, 5.41) is 3.08. The Labute approximate surface area is 116 Å². The number of aromatic amines is 1. The van der Waals surface area contributed by atoms with Crippen molar-refractivity contribution in [3.8, 4) is 22.6 Å². The van der Waals surface area contributed by atoms with Gasteiger partial charge in [-0.2, -0.15) is 0 Å². The molecule has 0 amide bonds. The van der Waals surface area contributed by atoms with Crippen LogP contribution >= 0.6 is 0 Å². The molecule has 3 nitrogen and oxygen atoms in total. The van der Waals surface area contributed by atoms with Crippen molar-refractivity contribution >= 4 is 5.69 Å². The van der Waals surface area contributed by atoms with E-state index in [9.17, 15) is 4.39 Å². The van der Waals surface area contributed by atoms with Gasteiger partial charge in [-0.25, -0.2) is 9.37 Å². The summed E-state index contributed by atoms with van der Waals surface area (Å²) in [7, 11) is 1.88. The molecule has 0 atom stereocenters. The van der Waals surface area contributed by atoms with Crippen LogP contribution in [0.1, 0.15) is 0 Å². The average molecular weight is 267 g/mol. The lowest BCUT2D eigenvalue weighted by atomic mass is 10.1. The molecule has 1 aromatic heterocycles. The zero-order valence-electron chi connectivity index (χ0n) is 11.0. The second-order valence-electron chi connectivity index (χ2n) is 4.48. The molecule has 0 bridgehead atoms. The van der Waals surface area contributed by atoms with Crippen molar-refractivity contribution in [3.05, 3.63) is 60.5 Å². The molecule has 3 aromatic rings. The summed E-state index contributed by atoms with van der Waals surface area (Å²) in [6, 6.07) is 14.3. The Morgan fingerprint density at radius 3 is 2.25 bits per heavy atom. The highest BCUT2D eigenvalue weighted by Gasteiger charge is 2.05. The van der Waals surface area contributed by atoms with Crippen molar-refractivity contribution in [2.75, 3.05) is 12.4 Å². The highest BCUT2D eigenvalue weighted by molar-refractivity contribution is 5.65. The third-order valence-corrected chi connectivity index (χ3v) is 3.18. The number of hydrogen-bond donors (Lipinski definition) is 2. The quantitative estimate of drug-likeness (QED) is 0.755. The van der Waals surface area contributed by atoms with Crippen LogP contribution in [0.4, 0.5) is 10.1 Å². The van der Waals surface area contributed by atoms with Crippen molar-refractivity contribution in [2.24, 2.45) is 0 Å². The van der Waals surface area contributed by atoms with Gasteiger partial charge in [0, 0.05) is 18.3 Å². The summed E-state index contributed by atoms with van der Waals surface area (Å²) < 4.78 is 12.9. The normalized spacial score (nSPS) is 10.5. The first-order valence-electron chi connectivity index (χ1n) is 6.35. The summed E-state index contributed by atoms with van der Waals surface area (Å²) in [5.74, 6) is 0.558. The smallest absolute Gasteiger partial charge is 0.137 e. The van der Waals surface area contributed by atoms with E-state index in [0.717, 1.165) is 28.3 Å². The van der Waals surface area contributed by atoms with Gasteiger partial charge in [-0.3, -0.25) is 0 Å². The molecule has 0 aliphatic rings. The van der Waals surface area contributed by atoms with Gasteiger partial charge in [-0.15, -0.1) is 0 Å². The number of imidazole rings is 1. The van der Waals surface area contributed by atoms with Gasteiger partial charge in [-0.05, 0) is 54.1 Å². The van der Waals surface area contributed by atoms with Crippen LogP contribution in [-0.2, 0) is 0 Å². The standard InChI is InChI=1S/C16H14FN3/c1-18-14-8-4-12(5-9-14)16-19-10-15(20-16)11-2-6-13(17)7-3-11/h2-10,18H,1H3,(H,19,20). The van der Waals surface area contributed by atoms with Crippen molar-refractivity contribution in [3.63, 3.8) is 0 Å². The van der Waals surface area contributed by atoms with Gasteiger partial charge in [0.1, 0.15) is 11.6 Å². The minimum atomic E-state index is -0.240. The fourth-order valence-electron chi connectivity index (χ4n) is 2.04. The Hall–Kier alpha value is -2.62. The van der Waals surface area contributed by atoms with Crippen LogP contribution in [0.15, 0.2) is 54.7 Å². The summed E-state index contributed by atoms with van der Waals surface area (Å²) in [6.45, 7) is 0. The number of benzene rings is 2. The second kappa shape index (κ2) is 5.17. The zero-order valence-corrected chi connectivity index (χ0v) is 11.0. The van der Waals surface area contributed by atoms with E-state index >= 15 is 0 Å². The van der Waals surface area contributed by atoms with Crippen molar-refractivity contribution in [1.82, 2.24) is 9.97 Å². The molecule has 2 N–H and O–H groups in total. The summed E-state index contributed by atoms with van der Waals surface area (Å²) in [6.07, 6.45) is 1.76. The number of hydrogen-bond acceptors (Lipinski definition) is 2. The lowest BCUT2D eigenvalue weighted by molar-refractivity contribution is 0.628. The Morgan fingerprint density at radius 2 is 1.60 bits per heavy atom. The monoisotopic (exact) mass is 267 g/mol. The van der Waals surface area contributed by atoms with Crippen LogP contribution in [0.25, 0.3) is 22.6 Å². The molecule has 0 saturated carbocycles. The van der Waals surface area contributed by atoms with E-state index in [1.54, 1.807) is 18.3 Å². The minimum Gasteiger partial charge on any atom is -0.388 e. The Morgan fingerprint density at radius 1 is 0.950 bits per heavy atom. The Balaban J connectivity index is 1.91. The van der Waals surface area contributed by atoms with Crippen LogP contribution in [0.2, 0.25) is 0 Å². The van der Waals surface area contributed by atoms with Crippen LogP contribution in [0.5, 0.6) is 0 Å². The largest absolute Gasteiger partial charge is 0.388 e. The maximum atomic E-state index is 12.9. The fourth-order valence-corrected chi connectivity index (χ4v) is 2.04. The number of nitrogens with one attached hydrogen (secondary N) is 2. The van der Waals surface area contributed by atoms with Crippen LogP contribution in [0.3, 0.4) is 0 Å². The van der Waals surface area contributed by atoms with Crippen LogP contribution < -0.4 is 5.32 Å². The summed E-state index contributed by atoms with van der Waals surface area (Å²) in [4.78, 5) is 7.62. The van der Waals surface area contributed by atoms with Crippen molar-refractivity contribution in [1.29, 1.82) is 0 Å². The number of H-pyrrole nitrogens is 1. The SMILES string of the molecule is CNc1ccc(-c2ncc(-c3ccc(F)cc3)[nH]2)cc1. The number of halogens is 1. The van der Waals surface area contributed by atoms with Gasteiger partial charge in [-0.1, -0.05) is 0 Å². The zero-order chi connectivity index (χ0) is 13.9. The number of nitrogens with zero attached hydrogens (tertiary/aromatic N) is 1. The minimum absolute atomic E-state index is 0.240. The number of anilines is 1. The topological polar surface area (TPSA) is 40.7 Å². The molecule has 20 heavy (non-hydrogen) atoms. The Bertz CT molecular complexity index is 699. The maximum absolute atomic E-state index is 12.9. The first-order valence-corrected chi connectivity index (χ1v) is 6.35. The van der Waals surface area contributed by atoms with Gasteiger partial charge in [0.15, 0.2) is 0 Å². The highest BCUT2D eigenvalue weighted by Crippen LogP contribution is 2.23. The predicted molar refractivity (Wildman–Crippen MR) is 79.0 cm³/mol. The molecule has 3 rings (SSSR count). The van der Waals surface area contributed by atoms with Gasteiger partial charge in [0.05, 0.1) is 11.9 Å². The first-order chi connectivity index (χ1) is 9.76. The molecular formula is C16H14FN3. The molecular weight excluding hydrogens is 253 g/mol. The van der Waals surface area contributed by atoms with E-state index in [2.05, 4.69) is 15.3 Å². The second-order valence-corrected chi connectivity index (χ2v) is 4.48. The van der Waals surface area contributed by atoms with E-state index in [1.165, 1.54) is 12.1 Å². The van der Waals surface area contributed by atoms with E-state index < -0.39 is 0 Å². The summed E-state index contributed by atoms with van der Waals surface area (Å²) >= 11 is 0. The third kappa shape index (κ3) is 2.40. The Kier molecular flexibility index (Phi) is 3.21. The van der Waals surface area contributed by atoms with Crippen LogP contribution in [0, 0.1) is 5.82 Å². The molecule has 0 fully saturated rings. The van der Waals surface area contributed by atoms with Crippen molar-refractivity contribution in [2.45, 2.75) is 0 Å². The number of rotatable bonds is 3. The van der Waals surface area contributed by atoms with Crippen LogP contribution in [-0.4, -0.2) is 17.0 Å². The fraction of sp³-hybridized carbons (Fsp3) is 0.0625.